The average Bonchev–Trinajstić information content (AvgIpc) is 3.18. The van der Waals surface area contributed by atoms with E-state index in [1.165, 1.54) is 37.6 Å². The molecular formula is C19H14ClF2N5O3. The van der Waals surface area contributed by atoms with Gasteiger partial charge in [-0.15, -0.1) is 0 Å². The quantitative estimate of drug-likeness (QED) is 0.494. The van der Waals surface area contributed by atoms with E-state index in [2.05, 4.69) is 25.9 Å². The zero-order valence-electron chi connectivity index (χ0n) is 15.3. The summed E-state index contributed by atoms with van der Waals surface area (Å²) in [6.45, 7) is 0. The molecule has 30 heavy (non-hydrogen) atoms. The first-order chi connectivity index (χ1) is 14.3. The summed E-state index contributed by atoms with van der Waals surface area (Å²) in [6, 6.07) is 7.26. The Labute approximate surface area is 173 Å². The number of anilines is 2. The van der Waals surface area contributed by atoms with E-state index in [9.17, 15) is 23.2 Å². The van der Waals surface area contributed by atoms with Crippen LogP contribution in [0.2, 0.25) is 5.02 Å². The van der Waals surface area contributed by atoms with Crippen molar-refractivity contribution in [3.8, 4) is 0 Å². The minimum absolute atomic E-state index is 0.0202. The van der Waals surface area contributed by atoms with E-state index in [1.54, 1.807) is 0 Å². The third-order valence-electron chi connectivity index (χ3n) is 3.94. The molecule has 0 aliphatic carbocycles. The first kappa shape index (κ1) is 20.9. The van der Waals surface area contributed by atoms with Gasteiger partial charge in [0.1, 0.15) is 17.3 Å². The molecule has 11 heteroatoms. The Morgan fingerprint density at radius 2 is 1.57 bits per heavy atom. The molecule has 1 heterocycles. The second-order valence-corrected chi connectivity index (χ2v) is 6.34. The van der Waals surface area contributed by atoms with Crippen LogP contribution in [0, 0.1) is 11.6 Å². The number of hydrogen-bond acceptors (Lipinski definition) is 4. The third-order valence-corrected chi connectivity index (χ3v) is 4.24. The molecule has 3 amide bonds. The van der Waals surface area contributed by atoms with Crippen molar-refractivity contribution in [2.24, 2.45) is 0 Å². The summed E-state index contributed by atoms with van der Waals surface area (Å²) in [6.07, 6.45) is 1.22. The number of nitrogens with zero attached hydrogens (tertiary/aromatic N) is 1. The van der Waals surface area contributed by atoms with Gasteiger partial charge in [-0.1, -0.05) is 11.6 Å². The third kappa shape index (κ3) is 4.44. The summed E-state index contributed by atoms with van der Waals surface area (Å²) < 4.78 is 27.0. The predicted molar refractivity (Wildman–Crippen MR) is 106 cm³/mol. The van der Waals surface area contributed by atoms with Crippen LogP contribution in [-0.2, 0) is 0 Å². The lowest BCUT2D eigenvalue weighted by Gasteiger charge is -2.09. The Morgan fingerprint density at radius 1 is 0.967 bits per heavy atom. The zero-order valence-corrected chi connectivity index (χ0v) is 16.1. The topological polar surface area (TPSA) is 116 Å². The lowest BCUT2D eigenvalue weighted by molar-refractivity contribution is 0.0943. The van der Waals surface area contributed by atoms with Gasteiger partial charge < -0.3 is 20.9 Å². The van der Waals surface area contributed by atoms with E-state index in [0.717, 1.165) is 6.07 Å². The Kier molecular flexibility index (Phi) is 6.07. The molecule has 0 saturated carbocycles. The van der Waals surface area contributed by atoms with Gasteiger partial charge >= 0.3 is 0 Å². The van der Waals surface area contributed by atoms with Gasteiger partial charge in [-0.05, 0) is 30.3 Å². The Hall–Kier alpha value is -3.79. The molecule has 0 aliphatic rings. The SMILES string of the molecule is CNC(=O)c1nc[nH]c1C(=O)Nc1ccc(NC(=O)c2c(F)cc(F)cc2Cl)cc1. The number of H-pyrrole nitrogens is 1. The molecular weight excluding hydrogens is 420 g/mol. The number of aromatic amines is 1. The van der Waals surface area contributed by atoms with Gasteiger partial charge in [-0.2, -0.15) is 0 Å². The molecule has 0 atom stereocenters. The number of benzene rings is 2. The molecule has 0 fully saturated rings. The second-order valence-electron chi connectivity index (χ2n) is 5.94. The zero-order chi connectivity index (χ0) is 21.8. The molecule has 0 spiro atoms. The maximum Gasteiger partial charge on any atom is 0.274 e. The van der Waals surface area contributed by atoms with Gasteiger partial charge in [0.15, 0.2) is 5.69 Å². The van der Waals surface area contributed by atoms with E-state index < -0.39 is 34.9 Å². The minimum Gasteiger partial charge on any atom is -0.354 e. The maximum atomic E-state index is 13.9. The molecule has 3 aromatic rings. The van der Waals surface area contributed by atoms with E-state index >= 15 is 0 Å². The maximum absolute atomic E-state index is 13.9. The summed E-state index contributed by atoms with van der Waals surface area (Å²) in [5, 5.41) is 7.02. The lowest BCUT2D eigenvalue weighted by Crippen LogP contribution is -2.23. The number of halogens is 3. The number of carbonyl (C=O) groups excluding carboxylic acids is 3. The molecule has 0 saturated heterocycles. The molecule has 0 aliphatic heterocycles. The number of aromatic nitrogens is 2. The number of amides is 3. The van der Waals surface area contributed by atoms with Gasteiger partial charge in [-0.3, -0.25) is 14.4 Å². The normalized spacial score (nSPS) is 10.4. The smallest absolute Gasteiger partial charge is 0.274 e. The standard InChI is InChI=1S/C19H14ClF2N5O3/c1-23-18(29)15-16(25-8-24-15)19(30)27-11-4-2-10(3-5-11)26-17(28)14-12(20)6-9(21)7-13(14)22/h2-8H,1H3,(H,23,29)(H,24,25)(H,26,28)(H,27,30). The highest BCUT2D eigenvalue weighted by Gasteiger charge is 2.20. The highest BCUT2D eigenvalue weighted by atomic mass is 35.5. The lowest BCUT2D eigenvalue weighted by atomic mass is 10.2. The number of rotatable bonds is 5. The Bertz CT molecular complexity index is 1110. The van der Waals surface area contributed by atoms with E-state index in [4.69, 9.17) is 11.6 Å². The fraction of sp³-hybridized carbons (Fsp3) is 0.0526. The van der Waals surface area contributed by atoms with E-state index in [0.29, 0.717) is 11.8 Å². The number of hydrogen-bond donors (Lipinski definition) is 4. The molecule has 2 aromatic carbocycles. The summed E-state index contributed by atoms with van der Waals surface area (Å²) in [5.74, 6) is -3.96. The Morgan fingerprint density at radius 3 is 2.13 bits per heavy atom. The van der Waals surface area contributed by atoms with Crippen LogP contribution in [0.5, 0.6) is 0 Å². The first-order valence-electron chi connectivity index (χ1n) is 8.43. The molecule has 3 rings (SSSR count). The van der Waals surface area contributed by atoms with Crippen molar-refractivity contribution >= 4 is 40.7 Å². The van der Waals surface area contributed by atoms with Crippen molar-refractivity contribution < 1.29 is 23.2 Å². The summed E-state index contributed by atoms with van der Waals surface area (Å²) in [4.78, 5) is 42.7. The number of imidazole rings is 1. The van der Waals surface area contributed by atoms with Crippen LogP contribution < -0.4 is 16.0 Å². The van der Waals surface area contributed by atoms with E-state index in [1.807, 2.05) is 0 Å². The largest absolute Gasteiger partial charge is 0.354 e. The van der Waals surface area contributed by atoms with Crippen LogP contribution in [-0.4, -0.2) is 34.7 Å². The monoisotopic (exact) mass is 433 g/mol. The van der Waals surface area contributed by atoms with Crippen molar-refractivity contribution in [2.45, 2.75) is 0 Å². The fourth-order valence-electron chi connectivity index (χ4n) is 2.54. The first-order valence-corrected chi connectivity index (χ1v) is 8.80. The summed E-state index contributed by atoms with van der Waals surface area (Å²) in [5.41, 5.74) is 0.0773. The van der Waals surface area contributed by atoms with Gasteiger partial charge in [-0.25, -0.2) is 13.8 Å². The van der Waals surface area contributed by atoms with Crippen LogP contribution in [0.3, 0.4) is 0 Å². The van der Waals surface area contributed by atoms with Crippen LogP contribution >= 0.6 is 11.6 Å². The average molecular weight is 434 g/mol. The van der Waals surface area contributed by atoms with Crippen LogP contribution in [0.25, 0.3) is 0 Å². The molecule has 0 radical (unpaired) electrons. The summed E-state index contributed by atoms with van der Waals surface area (Å²) in [7, 11) is 1.41. The number of carbonyl (C=O) groups is 3. The van der Waals surface area contributed by atoms with Gasteiger partial charge in [0.25, 0.3) is 17.7 Å². The molecule has 154 valence electrons. The minimum atomic E-state index is -1.09. The molecule has 4 N–H and O–H groups in total. The highest BCUT2D eigenvalue weighted by molar-refractivity contribution is 6.34. The van der Waals surface area contributed by atoms with Crippen molar-refractivity contribution in [3.63, 3.8) is 0 Å². The summed E-state index contributed by atoms with van der Waals surface area (Å²) >= 11 is 5.75. The molecule has 0 unspecified atom stereocenters. The predicted octanol–water partition coefficient (Wildman–Crippen LogP) is 3.21. The van der Waals surface area contributed by atoms with Crippen molar-refractivity contribution in [2.75, 3.05) is 17.7 Å². The molecule has 8 nitrogen and oxygen atoms in total. The number of nitrogens with one attached hydrogen (secondary N) is 4. The Balaban J connectivity index is 1.70. The molecule has 0 bridgehead atoms. The van der Waals surface area contributed by atoms with Gasteiger partial charge in [0, 0.05) is 24.5 Å². The fourth-order valence-corrected chi connectivity index (χ4v) is 2.82. The van der Waals surface area contributed by atoms with E-state index in [-0.39, 0.29) is 22.1 Å². The highest BCUT2D eigenvalue weighted by Crippen LogP contribution is 2.23. The van der Waals surface area contributed by atoms with Crippen LogP contribution in [0.1, 0.15) is 31.3 Å². The van der Waals surface area contributed by atoms with Crippen LogP contribution in [0.4, 0.5) is 20.2 Å². The van der Waals surface area contributed by atoms with Gasteiger partial charge in [0.05, 0.1) is 16.9 Å². The molecule has 1 aromatic heterocycles. The van der Waals surface area contributed by atoms with Crippen molar-refractivity contribution in [1.29, 1.82) is 0 Å². The second kappa shape index (κ2) is 8.70. The van der Waals surface area contributed by atoms with Gasteiger partial charge in [0.2, 0.25) is 0 Å². The van der Waals surface area contributed by atoms with Crippen LogP contribution in [0.15, 0.2) is 42.7 Å². The van der Waals surface area contributed by atoms with Crippen molar-refractivity contribution in [3.05, 3.63) is 76.3 Å². The van der Waals surface area contributed by atoms with Crippen molar-refractivity contribution in [1.82, 2.24) is 15.3 Å².